The lowest BCUT2D eigenvalue weighted by molar-refractivity contribution is -0.125. The maximum absolute atomic E-state index is 12.6. The molecule has 0 spiro atoms. The van der Waals surface area contributed by atoms with E-state index in [1.54, 1.807) is 4.57 Å². The second-order valence-corrected chi connectivity index (χ2v) is 7.59. The standard InChI is InChI=1S/C21H26N4O5/c1-3-25-18(11-19(26)23(2)21(25)28)24-8-6-15(7-9-24)20(27)22-12-14-4-5-16-17(10-14)30-13-29-16/h4-5,10-11,15H,3,6-9,12-13H2,1-2H3,(H,22,27). The van der Waals surface area contributed by atoms with Gasteiger partial charge in [-0.25, -0.2) is 4.79 Å². The molecule has 0 bridgehead atoms. The quantitative estimate of drug-likeness (QED) is 0.779. The van der Waals surface area contributed by atoms with Gasteiger partial charge in [0.15, 0.2) is 11.5 Å². The minimum Gasteiger partial charge on any atom is -0.454 e. The molecule has 3 heterocycles. The third-order valence-corrected chi connectivity index (χ3v) is 5.79. The number of piperidine rings is 1. The largest absolute Gasteiger partial charge is 0.454 e. The predicted octanol–water partition coefficient (Wildman–Crippen LogP) is 0.828. The highest BCUT2D eigenvalue weighted by atomic mass is 16.7. The van der Waals surface area contributed by atoms with E-state index in [0.29, 0.717) is 50.6 Å². The van der Waals surface area contributed by atoms with Crippen LogP contribution in [0.5, 0.6) is 11.5 Å². The molecule has 1 fully saturated rings. The van der Waals surface area contributed by atoms with Crippen LogP contribution in [-0.2, 0) is 24.9 Å². The van der Waals surface area contributed by atoms with Crippen molar-refractivity contribution in [2.45, 2.75) is 32.9 Å². The third-order valence-electron chi connectivity index (χ3n) is 5.79. The van der Waals surface area contributed by atoms with Gasteiger partial charge in [0.2, 0.25) is 12.7 Å². The number of nitrogens with zero attached hydrogens (tertiary/aromatic N) is 3. The van der Waals surface area contributed by atoms with Gasteiger partial charge in [0, 0.05) is 45.2 Å². The van der Waals surface area contributed by atoms with Gasteiger partial charge in [-0.15, -0.1) is 0 Å². The molecule has 160 valence electrons. The first-order valence-electron chi connectivity index (χ1n) is 10.2. The maximum atomic E-state index is 12.6. The number of benzene rings is 1. The topological polar surface area (TPSA) is 94.8 Å². The molecule has 1 aromatic carbocycles. The molecule has 9 heteroatoms. The van der Waals surface area contributed by atoms with Gasteiger partial charge in [-0.05, 0) is 37.5 Å². The molecule has 2 aliphatic heterocycles. The molecule has 1 saturated heterocycles. The van der Waals surface area contributed by atoms with Crippen molar-refractivity contribution in [2.24, 2.45) is 13.0 Å². The van der Waals surface area contributed by atoms with Crippen LogP contribution in [0.3, 0.4) is 0 Å². The summed E-state index contributed by atoms with van der Waals surface area (Å²) in [4.78, 5) is 39.1. The molecule has 1 amide bonds. The lowest BCUT2D eigenvalue weighted by atomic mass is 9.95. The van der Waals surface area contributed by atoms with Crippen molar-refractivity contribution in [3.63, 3.8) is 0 Å². The van der Waals surface area contributed by atoms with E-state index in [4.69, 9.17) is 9.47 Å². The number of carbonyl (C=O) groups excluding carboxylic acids is 1. The zero-order valence-corrected chi connectivity index (χ0v) is 17.2. The van der Waals surface area contributed by atoms with Crippen LogP contribution in [0.15, 0.2) is 33.9 Å². The van der Waals surface area contributed by atoms with E-state index in [0.717, 1.165) is 15.9 Å². The van der Waals surface area contributed by atoms with Crippen molar-refractivity contribution in [2.75, 3.05) is 24.8 Å². The average Bonchev–Trinajstić information content (AvgIpc) is 3.23. The van der Waals surface area contributed by atoms with E-state index >= 15 is 0 Å². The summed E-state index contributed by atoms with van der Waals surface area (Å²) in [6, 6.07) is 7.14. The van der Waals surface area contributed by atoms with Crippen molar-refractivity contribution < 1.29 is 14.3 Å². The predicted molar refractivity (Wildman–Crippen MR) is 111 cm³/mol. The Balaban J connectivity index is 1.36. The number of rotatable bonds is 5. The molecule has 0 radical (unpaired) electrons. The Morgan fingerprint density at radius 2 is 1.87 bits per heavy atom. The van der Waals surface area contributed by atoms with Gasteiger partial charge in [-0.3, -0.25) is 18.7 Å². The summed E-state index contributed by atoms with van der Waals surface area (Å²) in [5, 5.41) is 3.00. The molecular formula is C21H26N4O5. The summed E-state index contributed by atoms with van der Waals surface area (Å²) in [6.07, 6.45) is 1.33. The van der Waals surface area contributed by atoms with Gasteiger partial charge in [-0.1, -0.05) is 6.07 Å². The molecule has 1 aromatic heterocycles. The number of nitrogens with one attached hydrogen (secondary N) is 1. The molecule has 0 unspecified atom stereocenters. The van der Waals surface area contributed by atoms with E-state index < -0.39 is 0 Å². The zero-order chi connectivity index (χ0) is 21.3. The zero-order valence-electron chi connectivity index (χ0n) is 17.2. The summed E-state index contributed by atoms with van der Waals surface area (Å²) < 4.78 is 13.4. The maximum Gasteiger partial charge on any atom is 0.332 e. The SMILES string of the molecule is CCn1c(N2CCC(C(=O)NCc3ccc4c(c3)OCO4)CC2)cc(=O)n(C)c1=O. The highest BCUT2D eigenvalue weighted by Crippen LogP contribution is 2.32. The first-order valence-corrected chi connectivity index (χ1v) is 10.2. The highest BCUT2D eigenvalue weighted by molar-refractivity contribution is 5.79. The number of anilines is 1. The molecule has 1 N–H and O–H groups in total. The number of fused-ring (bicyclic) bond motifs is 1. The van der Waals surface area contributed by atoms with Gasteiger partial charge in [-0.2, -0.15) is 0 Å². The summed E-state index contributed by atoms with van der Waals surface area (Å²) in [7, 11) is 1.48. The van der Waals surface area contributed by atoms with E-state index in [2.05, 4.69) is 5.32 Å². The van der Waals surface area contributed by atoms with Gasteiger partial charge in [0.1, 0.15) is 5.82 Å². The van der Waals surface area contributed by atoms with E-state index in [9.17, 15) is 14.4 Å². The van der Waals surface area contributed by atoms with Crippen LogP contribution in [0.1, 0.15) is 25.3 Å². The van der Waals surface area contributed by atoms with Crippen molar-refractivity contribution in [1.82, 2.24) is 14.5 Å². The normalized spacial score (nSPS) is 16.0. The van der Waals surface area contributed by atoms with Crippen molar-refractivity contribution >= 4 is 11.7 Å². The molecule has 0 aliphatic carbocycles. The molecular weight excluding hydrogens is 388 g/mol. The highest BCUT2D eigenvalue weighted by Gasteiger charge is 2.27. The van der Waals surface area contributed by atoms with E-state index in [-0.39, 0.29) is 29.9 Å². The minimum absolute atomic E-state index is 0.0178. The van der Waals surface area contributed by atoms with Gasteiger partial charge in [0.05, 0.1) is 0 Å². The summed E-state index contributed by atoms with van der Waals surface area (Å²) >= 11 is 0. The number of hydrogen-bond donors (Lipinski definition) is 1. The van der Waals surface area contributed by atoms with Crippen LogP contribution < -0.4 is 30.9 Å². The van der Waals surface area contributed by atoms with Crippen LogP contribution in [-0.4, -0.2) is 34.9 Å². The van der Waals surface area contributed by atoms with Crippen LogP contribution in [0.4, 0.5) is 5.82 Å². The number of ether oxygens (including phenoxy) is 2. The van der Waals surface area contributed by atoms with E-state index in [1.165, 1.54) is 13.1 Å². The molecule has 30 heavy (non-hydrogen) atoms. The van der Waals surface area contributed by atoms with Gasteiger partial charge >= 0.3 is 5.69 Å². The van der Waals surface area contributed by atoms with E-state index in [1.807, 2.05) is 30.0 Å². The Kier molecular flexibility index (Phi) is 5.52. The second kappa shape index (κ2) is 8.25. The summed E-state index contributed by atoms with van der Waals surface area (Å²) in [6.45, 7) is 4.26. The van der Waals surface area contributed by atoms with Crippen molar-refractivity contribution in [1.29, 1.82) is 0 Å². The van der Waals surface area contributed by atoms with Gasteiger partial charge < -0.3 is 19.7 Å². The van der Waals surface area contributed by atoms with Crippen molar-refractivity contribution in [3.05, 3.63) is 50.7 Å². The second-order valence-electron chi connectivity index (χ2n) is 7.59. The molecule has 9 nitrogen and oxygen atoms in total. The fourth-order valence-electron chi connectivity index (χ4n) is 3.97. The molecule has 0 atom stereocenters. The van der Waals surface area contributed by atoms with Gasteiger partial charge in [0.25, 0.3) is 5.56 Å². The summed E-state index contributed by atoms with van der Waals surface area (Å²) in [5.74, 6) is 1.97. The van der Waals surface area contributed by atoms with Crippen LogP contribution in [0.2, 0.25) is 0 Å². The Morgan fingerprint density at radius 1 is 1.13 bits per heavy atom. The Bertz CT molecular complexity index is 1070. The number of aromatic nitrogens is 2. The number of amides is 1. The fraction of sp³-hybridized carbons (Fsp3) is 0.476. The monoisotopic (exact) mass is 414 g/mol. The molecule has 2 aromatic rings. The molecule has 0 saturated carbocycles. The number of carbonyl (C=O) groups is 1. The lowest BCUT2D eigenvalue weighted by Crippen LogP contribution is -2.45. The van der Waals surface area contributed by atoms with Crippen molar-refractivity contribution in [3.8, 4) is 11.5 Å². The lowest BCUT2D eigenvalue weighted by Gasteiger charge is -2.34. The summed E-state index contributed by atoms with van der Waals surface area (Å²) in [5.41, 5.74) is 0.323. The fourth-order valence-corrected chi connectivity index (χ4v) is 3.97. The van der Waals surface area contributed by atoms with Crippen LogP contribution >= 0.6 is 0 Å². The minimum atomic E-state index is -0.316. The third kappa shape index (κ3) is 3.79. The molecule has 2 aliphatic rings. The van der Waals surface area contributed by atoms with Crippen LogP contribution in [0, 0.1) is 5.92 Å². The first kappa shape index (κ1) is 20.1. The Labute approximate surface area is 173 Å². The average molecular weight is 414 g/mol. The first-order chi connectivity index (χ1) is 14.5. The Morgan fingerprint density at radius 3 is 2.60 bits per heavy atom. The van der Waals surface area contributed by atoms with Crippen LogP contribution in [0.25, 0.3) is 0 Å². The molecule has 4 rings (SSSR count). The number of hydrogen-bond acceptors (Lipinski definition) is 6. The smallest absolute Gasteiger partial charge is 0.332 e. The Hall–Kier alpha value is -3.23.